The number of amides is 1. The van der Waals surface area contributed by atoms with Gasteiger partial charge in [0.05, 0.1) is 38.6 Å². The monoisotopic (exact) mass is 1190 g/mol. The fourth-order valence-corrected chi connectivity index (χ4v) is 10.3. The maximum atomic E-state index is 13.4. The van der Waals surface area contributed by atoms with Crippen molar-refractivity contribution in [1.82, 2.24) is 5.32 Å². The average Bonchev–Trinajstić information content (AvgIpc) is 3.68. The van der Waals surface area contributed by atoms with E-state index >= 15 is 0 Å². The Labute approximate surface area is 501 Å². The molecule has 0 aromatic carbocycles. The number of rotatable bonds is 46. The van der Waals surface area contributed by atoms with Crippen molar-refractivity contribution in [2.24, 2.45) is 0 Å². The van der Waals surface area contributed by atoms with Gasteiger partial charge >= 0.3 is 0 Å². The third-order valence-electron chi connectivity index (χ3n) is 15.4. The molecule has 0 radical (unpaired) electrons. The first-order chi connectivity index (χ1) is 40.8. The van der Waals surface area contributed by atoms with Crippen LogP contribution in [0.4, 0.5) is 0 Å². The average molecular weight is 1190 g/mol. The van der Waals surface area contributed by atoms with Gasteiger partial charge in [-0.3, -0.25) is 4.79 Å². The van der Waals surface area contributed by atoms with Crippen molar-refractivity contribution in [3.8, 4) is 0 Å². The van der Waals surface area contributed by atoms with Crippen molar-refractivity contribution in [3.05, 3.63) is 85.1 Å². The third kappa shape index (κ3) is 29.8. The SMILES string of the molecule is CC/C=C\C/C=C\C/C=C\C/C=C\C/C=C\C/C=C\CCCCCCCCC(=O)NC(COC1OC(CO)C(OC2OC(CO)C(OC3OC(CO)C(O)C(O)C3O)C(O)C2O)C(O)C1O)C(O)/C=C/CCCCCCCCCCCCCC. The van der Waals surface area contributed by atoms with Gasteiger partial charge in [0, 0.05) is 6.42 Å². The molecule has 3 fully saturated rings. The van der Waals surface area contributed by atoms with Crippen molar-refractivity contribution in [3.63, 3.8) is 0 Å². The lowest BCUT2D eigenvalue weighted by Crippen LogP contribution is -2.66. The van der Waals surface area contributed by atoms with Crippen LogP contribution in [0, 0.1) is 0 Å². The Morgan fingerprint density at radius 1 is 0.440 bits per heavy atom. The summed E-state index contributed by atoms with van der Waals surface area (Å²) >= 11 is 0. The Morgan fingerprint density at radius 2 is 0.821 bits per heavy atom. The van der Waals surface area contributed by atoms with Crippen LogP contribution in [0.5, 0.6) is 0 Å². The first-order valence-electron chi connectivity index (χ1n) is 31.8. The summed E-state index contributed by atoms with van der Waals surface area (Å²) in [7, 11) is 0. The van der Waals surface area contributed by atoms with Crippen LogP contribution in [-0.4, -0.2) is 193 Å². The van der Waals surface area contributed by atoms with Crippen molar-refractivity contribution in [2.45, 2.75) is 291 Å². The van der Waals surface area contributed by atoms with Crippen LogP contribution in [0.15, 0.2) is 85.1 Å². The summed E-state index contributed by atoms with van der Waals surface area (Å²) in [6, 6.07) is -0.986. The first-order valence-corrected chi connectivity index (χ1v) is 31.8. The highest BCUT2D eigenvalue weighted by molar-refractivity contribution is 5.76. The number of hydrogen-bond donors (Lipinski definition) is 12. The molecule has 0 spiro atoms. The smallest absolute Gasteiger partial charge is 0.220 e. The van der Waals surface area contributed by atoms with E-state index in [2.05, 4.69) is 92.1 Å². The van der Waals surface area contributed by atoms with Gasteiger partial charge in [-0.1, -0.05) is 195 Å². The summed E-state index contributed by atoms with van der Waals surface area (Å²) < 4.78 is 34.3. The minimum Gasteiger partial charge on any atom is -0.394 e. The van der Waals surface area contributed by atoms with Gasteiger partial charge in [-0.2, -0.15) is 0 Å². The molecule has 3 heterocycles. The third-order valence-corrected chi connectivity index (χ3v) is 15.4. The summed E-state index contributed by atoms with van der Waals surface area (Å²) in [4.78, 5) is 13.4. The number of ether oxygens (including phenoxy) is 6. The van der Waals surface area contributed by atoms with E-state index < -0.39 is 124 Å². The van der Waals surface area contributed by atoms with E-state index in [1.165, 1.54) is 57.8 Å². The quantitative estimate of drug-likeness (QED) is 0.0221. The predicted molar refractivity (Wildman–Crippen MR) is 323 cm³/mol. The minimum absolute atomic E-state index is 0.221. The van der Waals surface area contributed by atoms with Crippen LogP contribution in [0.2, 0.25) is 0 Å². The maximum absolute atomic E-state index is 13.4. The zero-order valence-corrected chi connectivity index (χ0v) is 50.6. The highest BCUT2D eigenvalue weighted by Crippen LogP contribution is 2.33. The van der Waals surface area contributed by atoms with Crippen LogP contribution in [0.1, 0.15) is 187 Å². The molecule has 3 saturated heterocycles. The van der Waals surface area contributed by atoms with Gasteiger partial charge in [-0.15, -0.1) is 0 Å². The standard InChI is InChI=1S/C65H111NO18/c1-3-5-7-9-11-13-15-17-19-20-21-22-23-24-25-26-27-28-29-31-33-35-37-39-41-43-53(71)66-48(49(70)42-40-38-36-34-32-30-18-16-14-12-10-8-6-4-2)47-79-63-59(77)56(74)61(51(45-68)81-63)84-65-60(78)57(75)62(52(46-69)82-65)83-64-58(76)55(73)54(72)50(44-67)80-64/h5,7,11,13,17,19,21-22,24-25,27-28,40,42,48-52,54-65,67-70,72-78H,3-4,6,8-10,12,14-16,18,20,23,26,29-39,41,43-47H2,1-2H3,(H,66,71)/b7-5-,13-11-,19-17-,22-21-,25-24-,28-27-,42-40+. The van der Waals surface area contributed by atoms with Crippen LogP contribution >= 0.6 is 0 Å². The van der Waals surface area contributed by atoms with Crippen LogP contribution in [-0.2, 0) is 33.2 Å². The minimum atomic E-state index is -1.98. The molecule has 3 rings (SSSR count). The number of allylic oxidation sites excluding steroid dienone is 13. The van der Waals surface area contributed by atoms with Crippen LogP contribution < -0.4 is 5.32 Å². The highest BCUT2D eigenvalue weighted by atomic mass is 16.8. The first kappa shape index (κ1) is 75.2. The second-order valence-corrected chi connectivity index (χ2v) is 22.5. The molecule has 84 heavy (non-hydrogen) atoms. The normalized spacial score (nSPS) is 29.8. The topological polar surface area (TPSA) is 307 Å². The van der Waals surface area contributed by atoms with Gasteiger partial charge in [0.1, 0.15) is 73.2 Å². The Morgan fingerprint density at radius 3 is 1.29 bits per heavy atom. The zero-order chi connectivity index (χ0) is 61.2. The van der Waals surface area contributed by atoms with Crippen LogP contribution in [0.3, 0.4) is 0 Å². The number of unbranched alkanes of at least 4 members (excludes halogenated alkanes) is 18. The van der Waals surface area contributed by atoms with Gasteiger partial charge < -0.3 is 89.9 Å². The van der Waals surface area contributed by atoms with E-state index in [0.29, 0.717) is 6.42 Å². The fraction of sp³-hybridized carbons (Fsp3) is 0.769. The zero-order valence-electron chi connectivity index (χ0n) is 50.6. The summed E-state index contributed by atoms with van der Waals surface area (Å²) in [6.07, 6.45) is 31.2. The van der Waals surface area contributed by atoms with Gasteiger partial charge in [0.2, 0.25) is 5.91 Å². The highest BCUT2D eigenvalue weighted by Gasteiger charge is 2.53. The van der Waals surface area contributed by atoms with E-state index in [1.807, 2.05) is 6.08 Å². The molecular weight excluding hydrogens is 1080 g/mol. The van der Waals surface area contributed by atoms with E-state index in [-0.39, 0.29) is 18.9 Å². The largest absolute Gasteiger partial charge is 0.394 e. The van der Waals surface area contributed by atoms with Gasteiger partial charge in [0.25, 0.3) is 0 Å². The van der Waals surface area contributed by atoms with E-state index in [9.17, 15) is 61.0 Å². The molecule has 1 amide bonds. The van der Waals surface area contributed by atoms with Crippen molar-refractivity contribution >= 4 is 5.91 Å². The number of carbonyl (C=O) groups is 1. The molecule has 0 aliphatic carbocycles. The Hall–Kier alpha value is -3.03. The number of aliphatic hydroxyl groups is 11. The van der Waals surface area contributed by atoms with Gasteiger partial charge in [-0.25, -0.2) is 0 Å². The number of hydrogen-bond acceptors (Lipinski definition) is 18. The molecule has 0 aromatic heterocycles. The van der Waals surface area contributed by atoms with E-state index in [1.54, 1.807) is 6.08 Å². The van der Waals surface area contributed by atoms with E-state index in [0.717, 1.165) is 103 Å². The van der Waals surface area contributed by atoms with Gasteiger partial charge in [-0.05, 0) is 70.6 Å². The summed E-state index contributed by atoms with van der Waals surface area (Å²) in [6.45, 7) is 1.58. The molecule has 484 valence electrons. The predicted octanol–water partition coefficient (Wildman–Crippen LogP) is 6.76. The molecule has 17 atom stereocenters. The molecule has 3 aliphatic heterocycles. The second kappa shape index (κ2) is 47.0. The molecule has 19 heteroatoms. The lowest BCUT2D eigenvalue weighted by atomic mass is 9.96. The summed E-state index contributed by atoms with van der Waals surface area (Å²) in [5.41, 5.74) is 0. The lowest BCUT2D eigenvalue weighted by Gasteiger charge is -2.48. The second-order valence-electron chi connectivity index (χ2n) is 22.5. The molecule has 0 aromatic rings. The lowest BCUT2D eigenvalue weighted by molar-refractivity contribution is -0.379. The molecule has 19 nitrogen and oxygen atoms in total. The number of aliphatic hydroxyl groups excluding tert-OH is 11. The van der Waals surface area contributed by atoms with E-state index in [4.69, 9.17) is 28.4 Å². The van der Waals surface area contributed by atoms with Crippen molar-refractivity contribution in [2.75, 3.05) is 26.4 Å². The molecule has 0 saturated carbocycles. The summed E-state index contributed by atoms with van der Waals surface area (Å²) in [5.74, 6) is -0.295. The van der Waals surface area contributed by atoms with Crippen molar-refractivity contribution in [1.29, 1.82) is 0 Å². The fourth-order valence-electron chi connectivity index (χ4n) is 10.3. The molecule has 17 unspecified atom stereocenters. The number of nitrogens with one attached hydrogen (secondary N) is 1. The van der Waals surface area contributed by atoms with Gasteiger partial charge in [0.15, 0.2) is 18.9 Å². The molecular formula is C65H111NO18. The maximum Gasteiger partial charge on any atom is 0.220 e. The number of carbonyl (C=O) groups excluding carboxylic acids is 1. The Balaban J connectivity index is 1.47. The summed E-state index contributed by atoms with van der Waals surface area (Å²) in [5, 5.41) is 120. The van der Waals surface area contributed by atoms with Crippen molar-refractivity contribution < 1.29 is 89.4 Å². The Bertz CT molecular complexity index is 1860. The van der Waals surface area contributed by atoms with Crippen LogP contribution in [0.25, 0.3) is 0 Å². The molecule has 0 bridgehead atoms. The Kier molecular flexibility index (Phi) is 42.1. The molecule has 12 N–H and O–H groups in total. The molecule has 3 aliphatic rings.